The molecule has 1 heterocycles. The summed E-state index contributed by atoms with van der Waals surface area (Å²) in [5.74, 6) is -2.47. The third-order valence-electron chi connectivity index (χ3n) is 4.48. The summed E-state index contributed by atoms with van der Waals surface area (Å²) in [5.41, 5.74) is 1.76. The van der Waals surface area contributed by atoms with Crippen LogP contribution in [-0.4, -0.2) is 28.3 Å². The van der Waals surface area contributed by atoms with Gasteiger partial charge in [-0.2, -0.15) is 0 Å². The van der Waals surface area contributed by atoms with Crippen LogP contribution in [-0.2, 0) is 17.8 Å². The van der Waals surface area contributed by atoms with Crippen LogP contribution < -0.4 is 0 Å². The van der Waals surface area contributed by atoms with Gasteiger partial charge in [0, 0.05) is 13.1 Å². The minimum Gasteiger partial charge on any atom is -0.478 e. The normalized spacial score (nSPS) is 13.8. The van der Waals surface area contributed by atoms with Crippen molar-refractivity contribution in [1.29, 1.82) is 0 Å². The largest absolute Gasteiger partial charge is 0.478 e. The van der Waals surface area contributed by atoms with E-state index in [2.05, 4.69) is 0 Å². The van der Waals surface area contributed by atoms with Gasteiger partial charge in [-0.1, -0.05) is 24.3 Å². The first-order chi connectivity index (χ1) is 13.9. The van der Waals surface area contributed by atoms with Gasteiger partial charge in [0.15, 0.2) is 11.6 Å². The van der Waals surface area contributed by atoms with Crippen molar-refractivity contribution < 1.29 is 23.1 Å². The Labute approximate surface area is 171 Å². The van der Waals surface area contributed by atoms with Crippen molar-refractivity contribution in [3.05, 3.63) is 93.8 Å². The van der Waals surface area contributed by atoms with Crippen LogP contribution in [0.3, 0.4) is 0 Å². The van der Waals surface area contributed by atoms with Crippen LogP contribution >= 0.6 is 11.8 Å². The highest BCUT2D eigenvalue weighted by atomic mass is 32.2. The van der Waals surface area contributed by atoms with Crippen LogP contribution in [0.5, 0.6) is 0 Å². The summed E-state index contributed by atoms with van der Waals surface area (Å²) >= 11 is 1.42. The summed E-state index contributed by atoms with van der Waals surface area (Å²) < 4.78 is 39.7. The van der Waals surface area contributed by atoms with Gasteiger partial charge in [-0.25, -0.2) is 18.0 Å². The van der Waals surface area contributed by atoms with Crippen LogP contribution in [0.1, 0.15) is 17.5 Å². The van der Waals surface area contributed by atoms with Gasteiger partial charge in [0.05, 0.1) is 10.6 Å². The van der Waals surface area contributed by atoms with Crippen LogP contribution in [0.4, 0.5) is 13.2 Å². The number of carbonyl (C=O) groups is 1. The molecule has 0 atom stereocenters. The molecule has 0 spiro atoms. The lowest BCUT2D eigenvalue weighted by molar-refractivity contribution is -0.132. The second-order valence-corrected chi connectivity index (χ2v) is 7.72. The lowest BCUT2D eigenvalue weighted by atomic mass is 10.1. The van der Waals surface area contributed by atoms with E-state index in [0.717, 1.165) is 30.5 Å². The number of halogens is 3. The highest BCUT2D eigenvalue weighted by molar-refractivity contribution is 8.03. The predicted octanol–water partition coefficient (Wildman–Crippen LogP) is 5.14. The molecule has 3 rings (SSSR count). The molecule has 1 aliphatic heterocycles. The molecule has 2 aromatic carbocycles. The van der Waals surface area contributed by atoms with Crippen molar-refractivity contribution in [1.82, 2.24) is 4.90 Å². The summed E-state index contributed by atoms with van der Waals surface area (Å²) in [6.07, 6.45) is 4.86. The number of hydrogen-bond donors (Lipinski definition) is 1. The third kappa shape index (κ3) is 5.67. The van der Waals surface area contributed by atoms with Gasteiger partial charge in [0.1, 0.15) is 5.82 Å². The van der Waals surface area contributed by atoms with E-state index in [4.69, 9.17) is 0 Å². The van der Waals surface area contributed by atoms with E-state index in [9.17, 15) is 23.1 Å². The summed E-state index contributed by atoms with van der Waals surface area (Å²) in [6, 6.07) is 10.0. The summed E-state index contributed by atoms with van der Waals surface area (Å²) in [6.45, 7) is 0.759. The fraction of sp³-hybridized carbons (Fsp3) is 0.227. The fourth-order valence-electron chi connectivity index (χ4n) is 3.05. The average Bonchev–Trinajstić information content (AvgIpc) is 2.70. The van der Waals surface area contributed by atoms with E-state index in [1.165, 1.54) is 30.0 Å². The quantitative estimate of drug-likeness (QED) is 0.602. The molecule has 0 aromatic heterocycles. The van der Waals surface area contributed by atoms with E-state index in [0.29, 0.717) is 22.9 Å². The smallest absolute Gasteiger partial charge is 0.338 e. The number of carboxylic acids is 1. The maximum atomic E-state index is 13.5. The minimum atomic E-state index is -1.03. The van der Waals surface area contributed by atoms with E-state index >= 15 is 0 Å². The Bertz CT molecular complexity index is 942. The fourth-order valence-corrected chi connectivity index (χ4v) is 4.16. The molecular weight excluding hydrogens is 399 g/mol. The number of thioether (sulfide) groups is 1. The van der Waals surface area contributed by atoms with E-state index in [-0.39, 0.29) is 17.9 Å². The van der Waals surface area contributed by atoms with E-state index < -0.39 is 17.6 Å². The SMILES string of the molecule is O=C(O)C1=C(SCCCc2ccc(F)cc2)N(Cc2ccc(F)c(F)c2)CC=C1. The zero-order valence-electron chi connectivity index (χ0n) is 15.6. The molecule has 0 saturated heterocycles. The van der Waals surface area contributed by atoms with Crippen molar-refractivity contribution in [2.75, 3.05) is 12.3 Å². The van der Waals surface area contributed by atoms with Gasteiger partial charge < -0.3 is 10.0 Å². The van der Waals surface area contributed by atoms with E-state index in [1.54, 1.807) is 24.3 Å². The second-order valence-electron chi connectivity index (χ2n) is 6.63. The van der Waals surface area contributed by atoms with Gasteiger partial charge in [-0.05, 0) is 60.1 Å². The topological polar surface area (TPSA) is 40.5 Å². The third-order valence-corrected chi connectivity index (χ3v) is 5.72. The van der Waals surface area contributed by atoms with Crippen LogP contribution in [0.15, 0.2) is 65.2 Å². The molecule has 0 fully saturated rings. The zero-order chi connectivity index (χ0) is 20.8. The Morgan fingerprint density at radius 1 is 1.03 bits per heavy atom. The zero-order valence-corrected chi connectivity index (χ0v) is 16.4. The molecule has 0 bridgehead atoms. The highest BCUT2D eigenvalue weighted by Gasteiger charge is 2.22. The number of aliphatic carboxylic acids is 1. The molecule has 0 amide bonds. The lowest BCUT2D eigenvalue weighted by Gasteiger charge is -2.29. The second kappa shape index (κ2) is 9.69. The number of benzene rings is 2. The molecule has 2 aromatic rings. The molecule has 1 aliphatic rings. The first-order valence-electron chi connectivity index (χ1n) is 9.14. The maximum Gasteiger partial charge on any atom is 0.338 e. The van der Waals surface area contributed by atoms with Crippen LogP contribution in [0, 0.1) is 17.5 Å². The Balaban J connectivity index is 1.67. The molecule has 3 nitrogen and oxygen atoms in total. The monoisotopic (exact) mass is 419 g/mol. The maximum absolute atomic E-state index is 13.5. The number of rotatable bonds is 8. The van der Waals surface area contributed by atoms with Gasteiger partial charge in [0.25, 0.3) is 0 Å². The number of carboxylic acid groups (broad SMARTS) is 1. The number of hydrogen-bond acceptors (Lipinski definition) is 3. The standard InChI is InChI=1S/C22H20F3NO2S/c23-17-8-5-15(6-9-17)3-2-12-29-21-18(22(27)28)4-1-11-26(21)14-16-7-10-19(24)20(25)13-16/h1,4-10,13H,2-3,11-12,14H2,(H,27,28). The van der Waals surface area contributed by atoms with Gasteiger partial charge in [-0.3, -0.25) is 0 Å². The van der Waals surface area contributed by atoms with Crippen molar-refractivity contribution >= 4 is 17.7 Å². The summed E-state index contributed by atoms with van der Waals surface area (Å²) in [7, 11) is 0. The van der Waals surface area contributed by atoms with Gasteiger partial charge >= 0.3 is 5.97 Å². The molecule has 152 valence electrons. The molecular formula is C22H20F3NO2S. The molecule has 29 heavy (non-hydrogen) atoms. The van der Waals surface area contributed by atoms with Crippen molar-refractivity contribution in [3.63, 3.8) is 0 Å². The van der Waals surface area contributed by atoms with Crippen molar-refractivity contribution in [3.8, 4) is 0 Å². The van der Waals surface area contributed by atoms with Gasteiger partial charge in [-0.15, -0.1) is 11.8 Å². The average molecular weight is 419 g/mol. The Hall–Kier alpha value is -2.67. The molecule has 1 N–H and O–H groups in total. The number of aryl methyl sites for hydroxylation is 1. The molecule has 0 saturated carbocycles. The summed E-state index contributed by atoms with van der Waals surface area (Å²) in [5, 5.41) is 10.1. The van der Waals surface area contributed by atoms with Crippen molar-refractivity contribution in [2.45, 2.75) is 19.4 Å². The number of nitrogens with zero attached hydrogens (tertiary/aromatic N) is 1. The highest BCUT2D eigenvalue weighted by Crippen LogP contribution is 2.30. The Morgan fingerprint density at radius 3 is 2.45 bits per heavy atom. The Morgan fingerprint density at radius 2 is 1.76 bits per heavy atom. The van der Waals surface area contributed by atoms with Gasteiger partial charge in [0.2, 0.25) is 0 Å². The van der Waals surface area contributed by atoms with Crippen molar-refractivity contribution in [2.24, 2.45) is 0 Å². The predicted molar refractivity (Wildman–Crippen MR) is 108 cm³/mol. The molecule has 7 heteroatoms. The van der Waals surface area contributed by atoms with Crippen LogP contribution in [0.2, 0.25) is 0 Å². The minimum absolute atomic E-state index is 0.186. The molecule has 0 radical (unpaired) electrons. The lowest BCUT2D eigenvalue weighted by Crippen LogP contribution is -2.27. The molecule has 0 aliphatic carbocycles. The van der Waals surface area contributed by atoms with Crippen LogP contribution in [0.25, 0.3) is 0 Å². The first kappa shape index (κ1) is 21.0. The molecule has 0 unspecified atom stereocenters. The summed E-state index contributed by atoms with van der Waals surface area (Å²) in [4.78, 5) is 13.5. The van der Waals surface area contributed by atoms with E-state index in [1.807, 2.05) is 4.90 Å². The Kier molecular flexibility index (Phi) is 7.04. The first-order valence-corrected chi connectivity index (χ1v) is 10.1.